The van der Waals surface area contributed by atoms with Crippen LogP contribution in [0.5, 0.6) is 0 Å². The minimum absolute atomic E-state index is 0.225. The van der Waals surface area contributed by atoms with Crippen molar-refractivity contribution in [1.82, 2.24) is 9.71 Å². The van der Waals surface area contributed by atoms with E-state index < -0.39 is 55.7 Å². The average molecular weight is 483 g/mol. The predicted molar refractivity (Wildman–Crippen MR) is 111 cm³/mol. The minimum atomic E-state index is -4.79. The van der Waals surface area contributed by atoms with Gasteiger partial charge in [0.15, 0.2) is 0 Å². The van der Waals surface area contributed by atoms with Crippen LogP contribution in [0.4, 0.5) is 23.2 Å². The van der Waals surface area contributed by atoms with Gasteiger partial charge in [-0.15, -0.1) is 0 Å². The third-order valence-electron chi connectivity index (χ3n) is 4.51. The number of rotatable bonds is 7. The first-order chi connectivity index (χ1) is 15.5. The summed E-state index contributed by atoms with van der Waals surface area (Å²) in [6.07, 6.45) is -4.57. The van der Waals surface area contributed by atoms with Crippen LogP contribution in [0, 0.1) is 5.82 Å². The number of sulfonamides is 1. The van der Waals surface area contributed by atoms with Gasteiger partial charge < -0.3 is 10.3 Å². The third-order valence-corrected chi connectivity index (χ3v) is 6.02. The standard InChI is InChI=1S/C21H17F4N3O4S/c22-15-8-4-5-9-18(15)33(31,32)28-17(10-13-6-2-1-3-7-13)20(30)27-16-11-14(21(23,24)25)12-26-19(16)29/h1-9,11-12,17,28H,10H2,(H,26,29)(H,27,30). The summed E-state index contributed by atoms with van der Waals surface area (Å²) < 4.78 is 80.5. The molecule has 174 valence electrons. The Labute approximate surface area is 185 Å². The number of nitrogens with one attached hydrogen (secondary N) is 3. The van der Waals surface area contributed by atoms with Crippen LogP contribution in [-0.4, -0.2) is 25.4 Å². The number of benzene rings is 2. The Morgan fingerprint density at radius 1 is 1.03 bits per heavy atom. The molecule has 12 heteroatoms. The van der Waals surface area contributed by atoms with Gasteiger partial charge in [-0.1, -0.05) is 42.5 Å². The summed E-state index contributed by atoms with van der Waals surface area (Å²) in [6.45, 7) is 0. The van der Waals surface area contributed by atoms with Crippen molar-refractivity contribution in [1.29, 1.82) is 0 Å². The van der Waals surface area contributed by atoms with Crippen LogP contribution in [0.2, 0.25) is 0 Å². The Bertz CT molecular complexity index is 1310. The SMILES string of the molecule is O=C(Nc1cc(C(F)(F)F)c[nH]c1=O)C(Cc1ccccc1)NS(=O)(=O)c1ccccc1F. The van der Waals surface area contributed by atoms with Crippen molar-refractivity contribution < 1.29 is 30.8 Å². The van der Waals surface area contributed by atoms with E-state index in [9.17, 15) is 35.6 Å². The lowest BCUT2D eigenvalue weighted by Crippen LogP contribution is -2.46. The van der Waals surface area contributed by atoms with Crippen molar-refractivity contribution in [2.24, 2.45) is 0 Å². The second kappa shape index (κ2) is 9.55. The molecule has 33 heavy (non-hydrogen) atoms. The van der Waals surface area contributed by atoms with Crippen LogP contribution in [-0.2, 0) is 27.4 Å². The summed E-state index contributed by atoms with van der Waals surface area (Å²) in [5, 5.41) is 2.03. The number of hydrogen-bond acceptors (Lipinski definition) is 4. The van der Waals surface area contributed by atoms with Gasteiger partial charge in [0.1, 0.15) is 22.4 Å². The van der Waals surface area contributed by atoms with Crippen molar-refractivity contribution in [3.05, 3.63) is 94.2 Å². The molecule has 1 aromatic heterocycles. The van der Waals surface area contributed by atoms with Gasteiger partial charge in [0.2, 0.25) is 15.9 Å². The fraction of sp³-hybridized carbons (Fsp3) is 0.143. The topological polar surface area (TPSA) is 108 Å². The van der Waals surface area contributed by atoms with Gasteiger partial charge in [0.25, 0.3) is 5.56 Å². The number of carbonyl (C=O) groups excluding carboxylic acids is 1. The number of amides is 1. The maximum Gasteiger partial charge on any atom is 0.417 e. The highest BCUT2D eigenvalue weighted by Crippen LogP contribution is 2.29. The van der Waals surface area contributed by atoms with E-state index in [2.05, 4.69) is 4.72 Å². The van der Waals surface area contributed by atoms with E-state index in [-0.39, 0.29) is 6.42 Å². The number of pyridine rings is 1. The molecular weight excluding hydrogens is 466 g/mol. The molecule has 0 saturated heterocycles. The molecule has 0 spiro atoms. The Kier molecular flexibility index (Phi) is 6.98. The molecule has 0 bridgehead atoms. The lowest BCUT2D eigenvalue weighted by molar-refractivity contribution is -0.137. The number of carbonyl (C=O) groups is 1. The van der Waals surface area contributed by atoms with Gasteiger partial charge in [-0.05, 0) is 30.2 Å². The fourth-order valence-electron chi connectivity index (χ4n) is 2.91. The van der Waals surface area contributed by atoms with Crippen molar-refractivity contribution in [3.63, 3.8) is 0 Å². The van der Waals surface area contributed by atoms with Crippen molar-refractivity contribution in [2.45, 2.75) is 23.5 Å². The van der Waals surface area contributed by atoms with Crippen molar-refractivity contribution in [2.75, 3.05) is 5.32 Å². The molecule has 0 aliphatic carbocycles. The van der Waals surface area contributed by atoms with E-state index in [4.69, 9.17) is 0 Å². The normalized spacial score (nSPS) is 12.8. The fourth-order valence-corrected chi connectivity index (χ4v) is 4.19. The van der Waals surface area contributed by atoms with E-state index in [0.717, 1.165) is 12.1 Å². The first kappa shape index (κ1) is 24.1. The van der Waals surface area contributed by atoms with Gasteiger partial charge >= 0.3 is 6.18 Å². The molecule has 0 fully saturated rings. The van der Waals surface area contributed by atoms with E-state index in [1.165, 1.54) is 12.1 Å². The number of alkyl halides is 3. The number of halogens is 4. The average Bonchev–Trinajstić information content (AvgIpc) is 2.74. The maximum absolute atomic E-state index is 14.0. The Balaban J connectivity index is 1.94. The van der Waals surface area contributed by atoms with Gasteiger partial charge in [-0.25, -0.2) is 12.8 Å². The smallest absolute Gasteiger partial charge is 0.327 e. The van der Waals surface area contributed by atoms with Crippen LogP contribution in [0.15, 0.2) is 76.6 Å². The molecular formula is C21H17F4N3O4S. The summed E-state index contributed by atoms with van der Waals surface area (Å²) in [4.78, 5) is 26.0. The lowest BCUT2D eigenvalue weighted by atomic mass is 10.1. The Morgan fingerprint density at radius 3 is 2.30 bits per heavy atom. The molecule has 2 aromatic carbocycles. The maximum atomic E-state index is 14.0. The molecule has 3 N–H and O–H groups in total. The third kappa shape index (κ3) is 6.05. The first-order valence-electron chi connectivity index (χ1n) is 9.39. The van der Waals surface area contributed by atoms with Gasteiger partial charge in [-0.3, -0.25) is 9.59 Å². The van der Waals surface area contributed by atoms with E-state index in [1.54, 1.807) is 30.3 Å². The molecule has 0 aliphatic rings. The molecule has 1 atom stereocenters. The lowest BCUT2D eigenvalue weighted by Gasteiger charge is -2.19. The van der Waals surface area contributed by atoms with Gasteiger partial charge in [0, 0.05) is 6.20 Å². The largest absolute Gasteiger partial charge is 0.417 e. The zero-order chi connectivity index (χ0) is 24.2. The molecule has 7 nitrogen and oxygen atoms in total. The quantitative estimate of drug-likeness (QED) is 0.449. The highest BCUT2D eigenvalue weighted by atomic mass is 32.2. The highest BCUT2D eigenvalue weighted by molar-refractivity contribution is 7.89. The van der Waals surface area contributed by atoms with E-state index in [1.807, 2.05) is 10.3 Å². The summed E-state index contributed by atoms with van der Waals surface area (Å²) in [6, 6.07) is 11.5. The molecule has 0 aliphatic heterocycles. The summed E-state index contributed by atoms with van der Waals surface area (Å²) in [5.74, 6) is -2.17. The van der Waals surface area contributed by atoms with Gasteiger partial charge in [0.05, 0.1) is 5.56 Å². The Hall–Kier alpha value is -3.51. The number of aromatic nitrogens is 1. The predicted octanol–water partition coefficient (Wildman–Crippen LogP) is 3.06. The Morgan fingerprint density at radius 2 is 1.67 bits per heavy atom. The highest BCUT2D eigenvalue weighted by Gasteiger charge is 2.32. The van der Waals surface area contributed by atoms with Crippen LogP contribution in [0.3, 0.4) is 0 Å². The van der Waals surface area contributed by atoms with E-state index in [0.29, 0.717) is 17.8 Å². The number of aromatic amines is 1. The summed E-state index contributed by atoms with van der Waals surface area (Å²) in [5.41, 5.74) is -2.46. The molecule has 1 unspecified atom stereocenters. The summed E-state index contributed by atoms with van der Waals surface area (Å²) in [7, 11) is -4.54. The van der Waals surface area contributed by atoms with Crippen molar-refractivity contribution in [3.8, 4) is 0 Å². The van der Waals surface area contributed by atoms with Crippen LogP contribution >= 0.6 is 0 Å². The second-order valence-corrected chi connectivity index (χ2v) is 8.59. The minimum Gasteiger partial charge on any atom is -0.327 e. The van der Waals surface area contributed by atoms with E-state index >= 15 is 0 Å². The first-order valence-corrected chi connectivity index (χ1v) is 10.9. The molecule has 3 aromatic rings. The molecule has 3 rings (SSSR count). The van der Waals surface area contributed by atoms with Gasteiger partial charge in [-0.2, -0.15) is 17.9 Å². The van der Waals surface area contributed by atoms with Crippen LogP contribution in [0.25, 0.3) is 0 Å². The summed E-state index contributed by atoms with van der Waals surface area (Å²) >= 11 is 0. The molecule has 0 saturated carbocycles. The van der Waals surface area contributed by atoms with Crippen LogP contribution in [0.1, 0.15) is 11.1 Å². The molecule has 1 heterocycles. The van der Waals surface area contributed by atoms with Crippen LogP contribution < -0.4 is 15.6 Å². The zero-order valence-electron chi connectivity index (χ0n) is 16.7. The number of anilines is 1. The zero-order valence-corrected chi connectivity index (χ0v) is 17.5. The monoisotopic (exact) mass is 483 g/mol. The molecule has 1 amide bonds. The second-order valence-electron chi connectivity index (χ2n) is 6.91. The van der Waals surface area contributed by atoms with Crippen molar-refractivity contribution >= 4 is 21.6 Å². The number of H-pyrrole nitrogens is 1. The molecule has 0 radical (unpaired) electrons. The number of hydrogen-bond donors (Lipinski definition) is 3.